The minimum Gasteiger partial charge on any atom is -0.368 e. The third-order valence-corrected chi connectivity index (χ3v) is 3.48. The number of piperidine rings is 1. The fraction of sp³-hybridized carbons (Fsp3) is 0.857. The quantitative estimate of drug-likeness (QED) is 0.548. The first-order valence-electron chi connectivity index (χ1n) is 4.00. The van der Waals surface area contributed by atoms with Crippen LogP contribution in [-0.4, -0.2) is 34.7 Å². The van der Waals surface area contributed by atoms with Gasteiger partial charge in [-0.15, -0.1) is 0 Å². The maximum Gasteiger partial charge on any atom is 0.237 e. The van der Waals surface area contributed by atoms with Crippen molar-refractivity contribution < 1.29 is 4.79 Å². The molecule has 1 saturated heterocycles. The van der Waals surface area contributed by atoms with Crippen LogP contribution in [0.4, 0.5) is 0 Å². The zero-order valence-electron chi connectivity index (χ0n) is 7.14. The molecule has 0 unspecified atom stereocenters. The second kappa shape index (κ2) is 3.89. The first-order valence-corrected chi connectivity index (χ1v) is 4.97. The smallest absolute Gasteiger partial charge is 0.237 e. The highest BCUT2D eigenvalue weighted by atomic mass is 127. The van der Waals surface area contributed by atoms with Crippen molar-refractivity contribution in [1.29, 1.82) is 0 Å². The monoisotopic (exact) mass is 283 g/mol. The van der Waals surface area contributed by atoms with Gasteiger partial charge in [0.2, 0.25) is 5.91 Å². The Balaban J connectivity index is 2.63. The number of carbonyl (C=O) groups is 1. The van der Waals surface area contributed by atoms with Crippen LogP contribution in [0.3, 0.4) is 0 Å². The van der Waals surface area contributed by atoms with E-state index < -0.39 is 5.54 Å². The summed E-state index contributed by atoms with van der Waals surface area (Å²) in [5.74, 6) is -0.227. The Kier molecular flexibility index (Phi) is 3.30. The summed E-state index contributed by atoms with van der Waals surface area (Å²) in [5.41, 5.74) is 4.88. The summed E-state index contributed by atoms with van der Waals surface area (Å²) in [6.45, 7) is 1.84. The lowest BCUT2D eigenvalue weighted by Crippen LogP contribution is -2.58. The second-order valence-electron chi connectivity index (χ2n) is 3.11. The lowest BCUT2D eigenvalue weighted by atomic mass is 9.88. The fourth-order valence-electron chi connectivity index (χ4n) is 1.48. The molecule has 0 aliphatic carbocycles. The van der Waals surface area contributed by atoms with Crippen LogP contribution in [0.25, 0.3) is 0 Å². The van der Waals surface area contributed by atoms with Gasteiger partial charge in [-0.25, -0.2) is 3.11 Å². The number of likely N-dealkylation sites (N-methyl/N-ethyl adjacent to an activating group) is 1. The van der Waals surface area contributed by atoms with Gasteiger partial charge in [0.15, 0.2) is 0 Å². The number of hydrogen-bond acceptors (Lipinski definition) is 3. The molecule has 0 aromatic heterocycles. The Labute approximate surface area is 86.4 Å². The highest BCUT2D eigenvalue weighted by Gasteiger charge is 2.37. The summed E-state index contributed by atoms with van der Waals surface area (Å²) in [4.78, 5) is 11.2. The van der Waals surface area contributed by atoms with E-state index in [0.29, 0.717) is 0 Å². The Morgan fingerprint density at radius 3 is 2.42 bits per heavy atom. The molecule has 1 fully saturated rings. The van der Waals surface area contributed by atoms with E-state index in [1.54, 1.807) is 7.05 Å². The molecule has 70 valence electrons. The molecule has 0 aromatic rings. The highest BCUT2D eigenvalue weighted by molar-refractivity contribution is 14.1. The molecule has 0 radical (unpaired) electrons. The Bertz CT molecular complexity index is 177. The van der Waals surface area contributed by atoms with Gasteiger partial charge < -0.3 is 11.1 Å². The molecule has 0 aromatic carbocycles. The lowest BCUT2D eigenvalue weighted by Gasteiger charge is -2.36. The van der Waals surface area contributed by atoms with Gasteiger partial charge in [0.1, 0.15) is 0 Å². The van der Waals surface area contributed by atoms with Crippen molar-refractivity contribution in [1.82, 2.24) is 8.43 Å². The summed E-state index contributed by atoms with van der Waals surface area (Å²) < 4.78 is 2.18. The minimum absolute atomic E-state index is 0.227. The van der Waals surface area contributed by atoms with E-state index in [9.17, 15) is 4.79 Å². The number of primary amides is 1. The third-order valence-electron chi connectivity index (χ3n) is 2.51. The van der Waals surface area contributed by atoms with E-state index in [-0.39, 0.29) is 5.91 Å². The van der Waals surface area contributed by atoms with Crippen LogP contribution < -0.4 is 11.1 Å². The molecule has 0 saturated carbocycles. The molecule has 12 heavy (non-hydrogen) atoms. The SMILES string of the molecule is CNC1(C(N)=O)CCN(I)CC1. The number of rotatable bonds is 2. The van der Waals surface area contributed by atoms with Crippen LogP contribution in [0.5, 0.6) is 0 Å². The number of nitrogens with two attached hydrogens (primary N) is 1. The van der Waals surface area contributed by atoms with Crippen molar-refractivity contribution in [2.75, 3.05) is 20.1 Å². The molecule has 0 bridgehead atoms. The molecule has 4 nitrogen and oxygen atoms in total. The van der Waals surface area contributed by atoms with Crippen LogP contribution >= 0.6 is 22.9 Å². The average Bonchev–Trinajstić information content (AvgIpc) is 2.06. The predicted molar refractivity (Wildman–Crippen MR) is 55.8 cm³/mol. The largest absolute Gasteiger partial charge is 0.368 e. The molecule has 0 atom stereocenters. The average molecular weight is 283 g/mol. The minimum atomic E-state index is -0.457. The summed E-state index contributed by atoms with van der Waals surface area (Å²) in [5, 5.41) is 3.03. The van der Waals surface area contributed by atoms with E-state index >= 15 is 0 Å². The summed E-state index contributed by atoms with van der Waals surface area (Å²) >= 11 is 2.27. The molecular formula is C7H14IN3O. The second-order valence-corrected chi connectivity index (χ2v) is 4.47. The normalized spacial score (nSPS) is 23.8. The number of hydrogen-bond donors (Lipinski definition) is 2. The van der Waals surface area contributed by atoms with Crippen molar-refractivity contribution in [3.05, 3.63) is 0 Å². The molecule has 1 rings (SSSR count). The van der Waals surface area contributed by atoms with Crippen molar-refractivity contribution in [2.24, 2.45) is 5.73 Å². The van der Waals surface area contributed by atoms with Crippen LogP contribution in [0.2, 0.25) is 0 Å². The summed E-state index contributed by atoms with van der Waals surface area (Å²) in [7, 11) is 1.80. The maximum absolute atomic E-state index is 11.2. The Hall–Kier alpha value is 0.120. The zero-order valence-corrected chi connectivity index (χ0v) is 9.30. The van der Waals surface area contributed by atoms with E-state index in [4.69, 9.17) is 5.73 Å². The van der Waals surface area contributed by atoms with Crippen molar-refractivity contribution in [3.8, 4) is 0 Å². The molecule has 5 heteroatoms. The molecule has 0 spiro atoms. The number of nitrogens with one attached hydrogen (secondary N) is 1. The van der Waals surface area contributed by atoms with E-state index in [2.05, 4.69) is 31.3 Å². The number of amides is 1. The molecular weight excluding hydrogens is 269 g/mol. The van der Waals surface area contributed by atoms with Gasteiger partial charge in [0.05, 0.1) is 5.54 Å². The Morgan fingerprint density at radius 2 is 2.08 bits per heavy atom. The highest BCUT2D eigenvalue weighted by Crippen LogP contribution is 2.23. The standard InChI is InChI=1S/C7H14IN3O/c1-10-7(6(9)12)2-4-11(8)5-3-7/h10H,2-5H2,1H3,(H2,9,12). The van der Waals surface area contributed by atoms with Crippen LogP contribution in [0, 0.1) is 0 Å². The molecule has 3 N–H and O–H groups in total. The van der Waals surface area contributed by atoms with Gasteiger partial charge in [-0.05, 0) is 19.9 Å². The number of nitrogens with zero attached hydrogens (tertiary/aromatic N) is 1. The summed E-state index contributed by atoms with van der Waals surface area (Å²) in [6, 6.07) is 0. The van der Waals surface area contributed by atoms with E-state index in [1.807, 2.05) is 0 Å². The molecule has 1 aliphatic rings. The van der Waals surface area contributed by atoms with Gasteiger partial charge >= 0.3 is 0 Å². The van der Waals surface area contributed by atoms with Gasteiger partial charge in [-0.3, -0.25) is 4.79 Å². The number of halogens is 1. The van der Waals surface area contributed by atoms with Crippen molar-refractivity contribution >= 4 is 28.8 Å². The summed E-state index contributed by atoms with van der Waals surface area (Å²) in [6.07, 6.45) is 1.61. The first-order chi connectivity index (χ1) is 5.60. The molecule has 1 aliphatic heterocycles. The zero-order chi connectivity index (χ0) is 9.19. The maximum atomic E-state index is 11.2. The topological polar surface area (TPSA) is 58.4 Å². The number of carbonyl (C=O) groups excluding carboxylic acids is 1. The fourth-order valence-corrected chi connectivity index (χ4v) is 1.96. The van der Waals surface area contributed by atoms with Gasteiger partial charge in [0.25, 0.3) is 0 Å². The van der Waals surface area contributed by atoms with Gasteiger partial charge in [-0.2, -0.15) is 0 Å². The molecule has 1 amide bonds. The van der Waals surface area contributed by atoms with Gasteiger partial charge in [0, 0.05) is 36.0 Å². The van der Waals surface area contributed by atoms with E-state index in [0.717, 1.165) is 25.9 Å². The molecule has 1 heterocycles. The van der Waals surface area contributed by atoms with Crippen LogP contribution in [0.15, 0.2) is 0 Å². The van der Waals surface area contributed by atoms with Crippen molar-refractivity contribution in [3.63, 3.8) is 0 Å². The Morgan fingerprint density at radius 1 is 1.58 bits per heavy atom. The van der Waals surface area contributed by atoms with Crippen LogP contribution in [-0.2, 0) is 4.79 Å². The lowest BCUT2D eigenvalue weighted by molar-refractivity contribution is -0.125. The van der Waals surface area contributed by atoms with Crippen molar-refractivity contribution in [2.45, 2.75) is 18.4 Å². The van der Waals surface area contributed by atoms with E-state index in [1.165, 1.54) is 0 Å². The first kappa shape index (κ1) is 10.2. The van der Waals surface area contributed by atoms with Crippen LogP contribution in [0.1, 0.15) is 12.8 Å². The van der Waals surface area contributed by atoms with Gasteiger partial charge in [-0.1, -0.05) is 0 Å². The predicted octanol–water partition coefficient (Wildman–Crippen LogP) is -0.124. The third kappa shape index (κ3) is 1.89.